The zero-order valence-electron chi connectivity index (χ0n) is 11.2. The van der Waals surface area contributed by atoms with Crippen molar-refractivity contribution in [1.29, 1.82) is 0 Å². The Labute approximate surface area is 103 Å². The maximum absolute atomic E-state index is 12.3. The number of carbonyl (C=O) groups is 1. The third-order valence-corrected chi connectivity index (χ3v) is 3.07. The van der Waals surface area contributed by atoms with Crippen LogP contribution in [-0.4, -0.2) is 35.1 Å². The number of aryl methyl sites for hydroxylation is 2. The average molecular weight is 235 g/mol. The zero-order chi connectivity index (χ0) is 13.2. The van der Waals surface area contributed by atoms with Crippen molar-refractivity contribution in [2.75, 3.05) is 13.7 Å². The molecule has 1 rings (SSSR count). The minimum absolute atomic E-state index is 0.0555. The number of benzene rings is 1. The smallest absolute Gasteiger partial charge is 0.254 e. The van der Waals surface area contributed by atoms with Gasteiger partial charge < -0.3 is 10.0 Å². The van der Waals surface area contributed by atoms with E-state index in [4.69, 9.17) is 0 Å². The fourth-order valence-corrected chi connectivity index (χ4v) is 1.67. The van der Waals surface area contributed by atoms with Crippen molar-refractivity contribution in [2.24, 2.45) is 0 Å². The Balaban J connectivity index is 3.04. The van der Waals surface area contributed by atoms with Gasteiger partial charge in [0.1, 0.15) is 0 Å². The fraction of sp³-hybridized carbons (Fsp3) is 0.500. The first-order valence-corrected chi connectivity index (χ1v) is 5.75. The Morgan fingerprint density at radius 1 is 1.24 bits per heavy atom. The Morgan fingerprint density at radius 2 is 1.71 bits per heavy atom. The molecule has 0 heterocycles. The molecular formula is C14H21NO2. The van der Waals surface area contributed by atoms with E-state index >= 15 is 0 Å². The lowest BCUT2D eigenvalue weighted by atomic mass is 10.0. The molecule has 0 aliphatic rings. The van der Waals surface area contributed by atoms with Crippen molar-refractivity contribution in [1.82, 2.24) is 4.90 Å². The van der Waals surface area contributed by atoms with Crippen LogP contribution >= 0.6 is 0 Å². The van der Waals surface area contributed by atoms with Crippen LogP contribution in [0.25, 0.3) is 0 Å². The number of aliphatic hydroxyl groups excluding tert-OH is 1. The Bertz CT molecular complexity index is 404. The summed E-state index contributed by atoms with van der Waals surface area (Å²) >= 11 is 0. The first kappa shape index (κ1) is 13.7. The largest absolute Gasteiger partial charge is 0.394 e. The second-order valence-corrected chi connectivity index (χ2v) is 5.21. The molecule has 0 aliphatic carbocycles. The Morgan fingerprint density at radius 3 is 2.12 bits per heavy atom. The summed E-state index contributed by atoms with van der Waals surface area (Å²) in [6.07, 6.45) is 0. The fourth-order valence-electron chi connectivity index (χ4n) is 1.67. The predicted molar refractivity (Wildman–Crippen MR) is 69.2 cm³/mol. The first-order valence-electron chi connectivity index (χ1n) is 5.75. The molecule has 3 nitrogen and oxygen atoms in total. The normalized spacial score (nSPS) is 11.4. The van der Waals surface area contributed by atoms with E-state index in [0.29, 0.717) is 5.56 Å². The van der Waals surface area contributed by atoms with E-state index in [1.54, 1.807) is 11.9 Å². The molecule has 0 fully saturated rings. The summed E-state index contributed by atoms with van der Waals surface area (Å²) in [5.41, 5.74) is 2.27. The van der Waals surface area contributed by atoms with Gasteiger partial charge in [-0.05, 0) is 39.8 Å². The highest BCUT2D eigenvalue weighted by Gasteiger charge is 2.27. The van der Waals surface area contributed by atoms with Crippen molar-refractivity contribution in [3.05, 3.63) is 34.9 Å². The van der Waals surface area contributed by atoms with Crippen molar-refractivity contribution in [3.63, 3.8) is 0 Å². The molecule has 1 N–H and O–H groups in total. The lowest BCUT2D eigenvalue weighted by Gasteiger charge is -2.34. The molecule has 0 unspecified atom stereocenters. The van der Waals surface area contributed by atoms with E-state index in [1.807, 2.05) is 45.9 Å². The van der Waals surface area contributed by atoms with E-state index in [1.165, 1.54) is 0 Å². The van der Waals surface area contributed by atoms with Crippen LogP contribution in [0.3, 0.4) is 0 Å². The summed E-state index contributed by atoms with van der Waals surface area (Å²) in [4.78, 5) is 13.9. The van der Waals surface area contributed by atoms with Gasteiger partial charge in [0.25, 0.3) is 5.91 Å². The zero-order valence-corrected chi connectivity index (χ0v) is 11.2. The Kier molecular flexibility index (Phi) is 3.94. The second kappa shape index (κ2) is 4.88. The molecular weight excluding hydrogens is 214 g/mol. The van der Waals surface area contributed by atoms with Gasteiger partial charge in [-0.3, -0.25) is 4.79 Å². The van der Waals surface area contributed by atoms with Crippen molar-refractivity contribution in [2.45, 2.75) is 33.2 Å². The quantitative estimate of drug-likeness (QED) is 0.872. The minimum atomic E-state index is -0.547. The maximum Gasteiger partial charge on any atom is 0.254 e. The standard InChI is InChI=1S/C14H21NO2/c1-10-6-11(2)8-12(7-10)13(17)15(5)14(3,4)9-16/h6-8,16H,9H2,1-5H3. The molecule has 1 aromatic rings. The molecule has 0 aliphatic heterocycles. The molecule has 0 radical (unpaired) electrons. The van der Waals surface area contributed by atoms with Crippen LogP contribution in [0.4, 0.5) is 0 Å². The second-order valence-electron chi connectivity index (χ2n) is 5.21. The molecule has 1 amide bonds. The summed E-state index contributed by atoms with van der Waals surface area (Å²) in [5, 5.41) is 9.28. The molecule has 0 saturated heterocycles. The predicted octanol–water partition coefficient (Wildman–Crippen LogP) is 2.15. The SMILES string of the molecule is Cc1cc(C)cc(C(=O)N(C)C(C)(C)CO)c1. The first-order chi connectivity index (χ1) is 7.77. The molecule has 0 spiro atoms. The third-order valence-electron chi connectivity index (χ3n) is 3.07. The van der Waals surface area contributed by atoms with E-state index < -0.39 is 5.54 Å². The molecule has 94 valence electrons. The highest BCUT2D eigenvalue weighted by Crippen LogP contribution is 2.17. The molecule has 3 heteroatoms. The number of amides is 1. The lowest BCUT2D eigenvalue weighted by Crippen LogP contribution is -2.47. The monoisotopic (exact) mass is 235 g/mol. The number of carbonyl (C=O) groups excluding carboxylic acids is 1. The van der Waals surface area contributed by atoms with Crippen LogP contribution < -0.4 is 0 Å². The number of nitrogens with zero attached hydrogens (tertiary/aromatic N) is 1. The van der Waals surface area contributed by atoms with Crippen LogP contribution in [0.1, 0.15) is 35.3 Å². The van der Waals surface area contributed by atoms with Gasteiger partial charge in [0, 0.05) is 12.6 Å². The summed E-state index contributed by atoms with van der Waals surface area (Å²) in [6.45, 7) is 7.57. The minimum Gasteiger partial charge on any atom is -0.394 e. The average Bonchev–Trinajstić information content (AvgIpc) is 2.25. The number of likely N-dealkylation sites (N-methyl/N-ethyl adjacent to an activating group) is 1. The van der Waals surface area contributed by atoms with Gasteiger partial charge in [0.15, 0.2) is 0 Å². The number of rotatable bonds is 3. The van der Waals surface area contributed by atoms with Gasteiger partial charge in [-0.25, -0.2) is 0 Å². The van der Waals surface area contributed by atoms with Crippen molar-refractivity contribution >= 4 is 5.91 Å². The highest BCUT2D eigenvalue weighted by atomic mass is 16.3. The number of aliphatic hydroxyl groups is 1. The van der Waals surface area contributed by atoms with Crippen LogP contribution in [0.15, 0.2) is 18.2 Å². The molecule has 0 bridgehead atoms. The van der Waals surface area contributed by atoms with Crippen molar-refractivity contribution < 1.29 is 9.90 Å². The summed E-state index contributed by atoms with van der Waals surface area (Å²) in [5.74, 6) is -0.0594. The topological polar surface area (TPSA) is 40.5 Å². The molecule has 0 saturated carbocycles. The van der Waals surface area contributed by atoms with Gasteiger partial charge in [0.2, 0.25) is 0 Å². The van der Waals surface area contributed by atoms with Gasteiger partial charge in [0.05, 0.1) is 12.1 Å². The molecule has 0 atom stereocenters. The summed E-state index contributed by atoms with van der Waals surface area (Å²) in [7, 11) is 1.72. The van der Waals surface area contributed by atoms with Gasteiger partial charge >= 0.3 is 0 Å². The highest BCUT2D eigenvalue weighted by molar-refractivity contribution is 5.94. The molecule has 17 heavy (non-hydrogen) atoms. The maximum atomic E-state index is 12.3. The number of hydrogen-bond donors (Lipinski definition) is 1. The summed E-state index contributed by atoms with van der Waals surface area (Å²) < 4.78 is 0. The van der Waals surface area contributed by atoms with Crippen LogP contribution in [-0.2, 0) is 0 Å². The molecule has 1 aromatic carbocycles. The van der Waals surface area contributed by atoms with Gasteiger partial charge in [-0.1, -0.05) is 17.2 Å². The van der Waals surface area contributed by atoms with Gasteiger partial charge in [-0.15, -0.1) is 0 Å². The van der Waals surface area contributed by atoms with E-state index in [0.717, 1.165) is 11.1 Å². The third kappa shape index (κ3) is 3.07. The van der Waals surface area contributed by atoms with Crippen LogP contribution in [0.5, 0.6) is 0 Å². The van der Waals surface area contributed by atoms with E-state index in [-0.39, 0.29) is 12.5 Å². The Hall–Kier alpha value is -1.35. The number of hydrogen-bond acceptors (Lipinski definition) is 2. The van der Waals surface area contributed by atoms with Gasteiger partial charge in [-0.2, -0.15) is 0 Å². The lowest BCUT2D eigenvalue weighted by molar-refractivity contribution is 0.0473. The van der Waals surface area contributed by atoms with E-state index in [9.17, 15) is 9.90 Å². The summed E-state index contributed by atoms with van der Waals surface area (Å²) in [6, 6.07) is 5.78. The van der Waals surface area contributed by atoms with E-state index in [2.05, 4.69) is 0 Å². The van der Waals surface area contributed by atoms with Crippen LogP contribution in [0.2, 0.25) is 0 Å². The molecule has 0 aromatic heterocycles. The van der Waals surface area contributed by atoms with Crippen LogP contribution in [0, 0.1) is 13.8 Å². The van der Waals surface area contributed by atoms with Crippen molar-refractivity contribution in [3.8, 4) is 0 Å².